The van der Waals surface area contributed by atoms with Gasteiger partial charge in [0.25, 0.3) is 0 Å². The average Bonchev–Trinajstić information content (AvgIpc) is 3.14. The first-order chi connectivity index (χ1) is 16.2. The predicted molar refractivity (Wildman–Crippen MR) is 116 cm³/mol. The van der Waals surface area contributed by atoms with Gasteiger partial charge < -0.3 is 20.3 Å². The topological polar surface area (TPSA) is 95.9 Å². The predicted octanol–water partition coefficient (Wildman–Crippen LogP) is 4.73. The van der Waals surface area contributed by atoms with Crippen LogP contribution in [0, 0.1) is 0 Å². The van der Waals surface area contributed by atoms with E-state index in [2.05, 4.69) is 5.32 Å². The van der Waals surface area contributed by atoms with Crippen LogP contribution in [-0.4, -0.2) is 35.0 Å². The summed E-state index contributed by atoms with van der Waals surface area (Å²) in [6, 6.07) is 17.4. The summed E-state index contributed by atoms with van der Waals surface area (Å²) in [6.07, 6.45) is -8.30. The normalized spacial score (nSPS) is 14.6. The third-order valence-electron chi connectivity index (χ3n) is 5.79. The van der Waals surface area contributed by atoms with Gasteiger partial charge in [-0.15, -0.1) is 0 Å². The van der Waals surface area contributed by atoms with Crippen LogP contribution in [0.3, 0.4) is 0 Å². The van der Waals surface area contributed by atoms with Crippen LogP contribution in [-0.2, 0) is 15.7 Å². The highest BCUT2D eigenvalue weighted by atomic mass is 19.4. The molecule has 176 valence electrons. The van der Waals surface area contributed by atoms with Gasteiger partial charge >= 0.3 is 18.2 Å². The number of aliphatic carboxylic acids is 1. The maximum atomic E-state index is 13.5. The Morgan fingerprint density at radius 1 is 0.912 bits per heavy atom. The Morgan fingerprint density at radius 3 is 2.00 bits per heavy atom. The summed E-state index contributed by atoms with van der Waals surface area (Å²) in [4.78, 5) is 24.0. The maximum Gasteiger partial charge on any atom is 0.416 e. The first-order valence-electron chi connectivity index (χ1n) is 10.4. The number of alkyl halides is 3. The first-order valence-corrected chi connectivity index (χ1v) is 10.4. The minimum absolute atomic E-state index is 0.128. The lowest BCUT2D eigenvalue weighted by Crippen LogP contribution is -2.41. The summed E-state index contributed by atoms with van der Waals surface area (Å²) < 4.78 is 45.7. The summed E-state index contributed by atoms with van der Waals surface area (Å²) in [5.41, 5.74) is 2.09. The minimum atomic E-state index is -4.82. The third kappa shape index (κ3) is 4.47. The second-order valence-corrected chi connectivity index (χ2v) is 7.82. The van der Waals surface area contributed by atoms with Crippen molar-refractivity contribution in [3.8, 4) is 11.1 Å². The number of hydrogen-bond acceptors (Lipinski definition) is 4. The zero-order valence-corrected chi connectivity index (χ0v) is 17.6. The number of halogens is 3. The molecule has 34 heavy (non-hydrogen) atoms. The van der Waals surface area contributed by atoms with Gasteiger partial charge in [0.2, 0.25) is 0 Å². The van der Waals surface area contributed by atoms with Gasteiger partial charge in [-0.3, -0.25) is 0 Å². The minimum Gasteiger partial charge on any atom is -0.479 e. The molecule has 0 fully saturated rings. The number of ether oxygens (including phenoxy) is 1. The average molecular weight is 471 g/mol. The van der Waals surface area contributed by atoms with E-state index in [9.17, 15) is 33.0 Å². The Bertz CT molecular complexity index is 1180. The van der Waals surface area contributed by atoms with Crippen molar-refractivity contribution in [1.82, 2.24) is 5.32 Å². The SMILES string of the molecule is O=C(NC(c1ccccc1C(F)(F)F)C(O)C(=O)O)OCC1c2ccccc2-c2ccccc21. The molecule has 3 aromatic carbocycles. The molecule has 0 saturated heterocycles. The summed E-state index contributed by atoms with van der Waals surface area (Å²) in [5, 5.41) is 21.4. The van der Waals surface area contributed by atoms with Crippen LogP contribution in [0.4, 0.5) is 18.0 Å². The molecule has 2 unspecified atom stereocenters. The second kappa shape index (κ2) is 9.18. The Kier molecular flexibility index (Phi) is 6.30. The molecule has 0 radical (unpaired) electrons. The van der Waals surface area contributed by atoms with E-state index in [4.69, 9.17) is 4.74 Å². The number of carboxylic acids is 1. The summed E-state index contributed by atoms with van der Waals surface area (Å²) in [5.74, 6) is -2.09. The van der Waals surface area contributed by atoms with E-state index in [0.29, 0.717) is 0 Å². The Balaban J connectivity index is 1.56. The van der Waals surface area contributed by atoms with Crippen LogP contribution in [0.1, 0.15) is 34.2 Å². The number of carbonyl (C=O) groups excluding carboxylic acids is 1. The Hall–Kier alpha value is -3.85. The number of amides is 1. The lowest BCUT2D eigenvalue weighted by Gasteiger charge is -2.25. The van der Waals surface area contributed by atoms with Crippen LogP contribution in [0.2, 0.25) is 0 Å². The van der Waals surface area contributed by atoms with Crippen molar-refractivity contribution in [2.45, 2.75) is 24.2 Å². The fraction of sp³-hybridized carbons (Fsp3) is 0.200. The zero-order chi connectivity index (χ0) is 24.5. The highest BCUT2D eigenvalue weighted by Gasteiger charge is 2.39. The smallest absolute Gasteiger partial charge is 0.416 e. The summed E-state index contributed by atoms with van der Waals surface area (Å²) in [6.45, 7) is -0.128. The van der Waals surface area contributed by atoms with E-state index in [1.165, 1.54) is 6.07 Å². The Labute approximate surface area is 192 Å². The highest BCUT2D eigenvalue weighted by Crippen LogP contribution is 2.44. The van der Waals surface area contributed by atoms with Crippen LogP contribution in [0.5, 0.6) is 0 Å². The maximum absolute atomic E-state index is 13.5. The van der Waals surface area contributed by atoms with Gasteiger partial charge in [-0.2, -0.15) is 13.2 Å². The molecule has 6 nitrogen and oxygen atoms in total. The van der Waals surface area contributed by atoms with E-state index in [1.807, 2.05) is 48.5 Å². The fourth-order valence-electron chi connectivity index (χ4n) is 4.26. The number of benzene rings is 3. The van der Waals surface area contributed by atoms with E-state index in [0.717, 1.165) is 40.5 Å². The van der Waals surface area contributed by atoms with Crippen molar-refractivity contribution in [3.63, 3.8) is 0 Å². The number of carbonyl (C=O) groups is 2. The molecule has 9 heteroatoms. The van der Waals surface area contributed by atoms with Crippen LogP contribution < -0.4 is 5.32 Å². The number of carboxylic acid groups (broad SMARTS) is 1. The van der Waals surface area contributed by atoms with Crippen molar-refractivity contribution in [3.05, 3.63) is 95.1 Å². The standard InChI is InChI=1S/C25H20F3NO5/c26-25(27,28)20-12-6-5-11-18(20)21(22(30)23(31)32)29-24(33)34-13-19-16-9-3-1-7-14(16)15-8-2-4-10-17(15)19/h1-12,19,21-22,30H,13H2,(H,29,33)(H,31,32). The lowest BCUT2D eigenvalue weighted by molar-refractivity contribution is -0.149. The summed E-state index contributed by atoms with van der Waals surface area (Å²) >= 11 is 0. The first kappa shape index (κ1) is 23.3. The number of fused-ring (bicyclic) bond motifs is 3. The zero-order valence-electron chi connectivity index (χ0n) is 17.6. The lowest BCUT2D eigenvalue weighted by atomic mass is 9.96. The van der Waals surface area contributed by atoms with E-state index >= 15 is 0 Å². The molecule has 4 rings (SSSR count). The van der Waals surface area contributed by atoms with Gasteiger partial charge in [0.15, 0.2) is 6.10 Å². The number of hydrogen-bond donors (Lipinski definition) is 3. The molecular weight excluding hydrogens is 451 g/mol. The molecule has 0 saturated carbocycles. The van der Waals surface area contributed by atoms with E-state index < -0.39 is 41.5 Å². The van der Waals surface area contributed by atoms with Crippen molar-refractivity contribution in [2.75, 3.05) is 6.61 Å². The molecule has 3 N–H and O–H groups in total. The second-order valence-electron chi connectivity index (χ2n) is 7.82. The molecule has 0 bridgehead atoms. The largest absolute Gasteiger partial charge is 0.479 e. The molecule has 0 heterocycles. The van der Waals surface area contributed by atoms with Gasteiger partial charge in [0, 0.05) is 5.92 Å². The molecule has 2 atom stereocenters. The number of alkyl carbamates (subject to hydrolysis) is 1. The van der Waals surface area contributed by atoms with Gasteiger partial charge in [0.1, 0.15) is 6.61 Å². The summed E-state index contributed by atoms with van der Waals surface area (Å²) in [7, 11) is 0. The Morgan fingerprint density at radius 2 is 1.44 bits per heavy atom. The molecule has 3 aromatic rings. The fourth-order valence-corrected chi connectivity index (χ4v) is 4.26. The number of aliphatic hydroxyl groups is 1. The molecule has 0 aromatic heterocycles. The van der Waals surface area contributed by atoms with Gasteiger partial charge in [0.05, 0.1) is 11.6 Å². The van der Waals surface area contributed by atoms with Crippen molar-refractivity contribution in [1.29, 1.82) is 0 Å². The monoisotopic (exact) mass is 471 g/mol. The number of aliphatic hydroxyl groups excluding tert-OH is 1. The number of rotatable bonds is 6. The van der Waals surface area contributed by atoms with Crippen LogP contribution in [0.15, 0.2) is 72.8 Å². The molecule has 0 spiro atoms. The van der Waals surface area contributed by atoms with Crippen molar-refractivity contribution < 1.29 is 37.7 Å². The van der Waals surface area contributed by atoms with Crippen LogP contribution >= 0.6 is 0 Å². The van der Waals surface area contributed by atoms with Crippen molar-refractivity contribution in [2.24, 2.45) is 0 Å². The quantitative estimate of drug-likeness (QED) is 0.483. The molecule has 0 aliphatic heterocycles. The molecule has 1 amide bonds. The molecule has 1 aliphatic carbocycles. The van der Waals surface area contributed by atoms with Gasteiger partial charge in [-0.25, -0.2) is 9.59 Å². The van der Waals surface area contributed by atoms with E-state index in [-0.39, 0.29) is 12.5 Å². The highest BCUT2D eigenvalue weighted by molar-refractivity contribution is 5.79. The molecular formula is C25H20F3NO5. The van der Waals surface area contributed by atoms with Gasteiger partial charge in [-0.05, 0) is 33.9 Å². The third-order valence-corrected chi connectivity index (χ3v) is 5.79. The number of nitrogens with one attached hydrogen (secondary N) is 1. The molecule has 1 aliphatic rings. The van der Waals surface area contributed by atoms with Gasteiger partial charge in [-0.1, -0.05) is 66.7 Å². The van der Waals surface area contributed by atoms with E-state index in [1.54, 1.807) is 0 Å². The van der Waals surface area contributed by atoms with Crippen molar-refractivity contribution >= 4 is 12.1 Å². The van der Waals surface area contributed by atoms with Crippen LogP contribution in [0.25, 0.3) is 11.1 Å².